The second-order valence-electron chi connectivity index (χ2n) is 4.95. The highest BCUT2D eigenvalue weighted by atomic mass is 32.1. The van der Waals surface area contributed by atoms with E-state index in [9.17, 15) is 4.79 Å². The van der Waals surface area contributed by atoms with Crippen LogP contribution in [0.25, 0.3) is 0 Å². The van der Waals surface area contributed by atoms with Crippen molar-refractivity contribution in [3.05, 3.63) is 21.1 Å². The highest BCUT2D eigenvalue weighted by Gasteiger charge is 2.20. The van der Waals surface area contributed by atoms with Crippen molar-refractivity contribution < 1.29 is 4.79 Å². The molecule has 0 aromatic carbocycles. The molecule has 102 valence electrons. The Balaban J connectivity index is 2.09. The van der Waals surface area contributed by atoms with E-state index in [1.165, 1.54) is 22.7 Å². The van der Waals surface area contributed by atoms with Crippen LogP contribution >= 0.6 is 22.7 Å². The van der Waals surface area contributed by atoms with E-state index in [0.717, 1.165) is 10.0 Å². The van der Waals surface area contributed by atoms with Gasteiger partial charge in [0.1, 0.15) is 15.7 Å². The lowest BCUT2D eigenvalue weighted by molar-refractivity contribution is 0.102. The number of rotatable bonds is 3. The molecule has 2 aromatic heterocycles. The Bertz CT molecular complexity index is 584. The van der Waals surface area contributed by atoms with Crippen LogP contribution in [0.5, 0.6) is 0 Å². The van der Waals surface area contributed by atoms with Crippen LogP contribution in [0.1, 0.15) is 41.3 Å². The van der Waals surface area contributed by atoms with Gasteiger partial charge in [0, 0.05) is 17.3 Å². The van der Waals surface area contributed by atoms with E-state index in [1.807, 2.05) is 20.8 Å². The highest BCUT2D eigenvalue weighted by molar-refractivity contribution is 7.15. The third-order valence-corrected chi connectivity index (χ3v) is 4.38. The molecule has 0 fully saturated rings. The average molecular weight is 297 g/mol. The first-order valence-electron chi connectivity index (χ1n) is 5.70. The van der Waals surface area contributed by atoms with E-state index in [-0.39, 0.29) is 11.3 Å². The molecule has 2 rings (SSSR count). The van der Waals surface area contributed by atoms with Crippen LogP contribution in [-0.4, -0.2) is 21.1 Å². The Kier molecular flexibility index (Phi) is 3.93. The van der Waals surface area contributed by atoms with Gasteiger partial charge >= 0.3 is 0 Å². The fourth-order valence-corrected chi connectivity index (χ4v) is 2.70. The molecule has 0 bridgehead atoms. The zero-order valence-corrected chi connectivity index (χ0v) is 12.6. The molecule has 0 atom stereocenters. The Morgan fingerprint density at radius 3 is 2.68 bits per heavy atom. The summed E-state index contributed by atoms with van der Waals surface area (Å²) in [6.07, 6.45) is 0. The normalized spacial score (nSPS) is 11.6. The first-order chi connectivity index (χ1) is 8.90. The van der Waals surface area contributed by atoms with Crippen LogP contribution in [0.4, 0.5) is 5.13 Å². The minimum Gasteiger partial charge on any atom is -0.325 e. The first-order valence-corrected chi connectivity index (χ1v) is 7.39. The summed E-state index contributed by atoms with van der Waals surface area (Å²) in [6, 6.07) is 0. The van der Waals surface area contributed by atoms with Gasteiger partial charge in [0.25, 0.3) is 5.91 Å². The lowest BCUT2D eigenvalue weighted by Gasteiger charge is -2.12. The Morgan fingerprint density at radius 1 is 1.42 bits per heavy atom. The van der Waals surface area contributed by atoms with Gasteiger partial charge in [-0.2, -0.15) is 0 Å². The van der Waals surface area contributed by atoms with Crippen molar-refractivity contribution in [1.82, 2.24) is 15.2 Å². The van der Waals surface area contributed by atoms with E-state index < -0.39 is 0 Å². The summed E-state index contributed by atoms with van der Waals surface area (Å²) in [5.74, 6) is -0.285. The van der Waals surface area contributed by atoms with Crippen molar-refractivity contribution in [3.8, 4) is 0 Å². The lowest BCUT2D eigenvalue weighted by atomic mass is 9.98. The van der Waals surface area contributed by atoms with Crippen LogP contribution in [-0.2, 0) is 12.0 Å². The maximum atomic E-state index is 11.9. The second kappa shape index (κ2) is 5.32. The summed E-state index contributed by atoms with van der Waals surface area (Å²) < 4.78 is 0. The van der Waals surface area contributed by atoms with Gasteiger partial charge in [-0.25, -0.2) is 4.98 Å². The number of thiazole rings is 1. The fraction of sp³-hybridized carbons (Fsp3) is 0.455. The minimum absolute atomic E-state index is 0.0754. The Morgan fingerprint density at radius 2 is 2.16 bits per heavy atom. The molecule has 3 N–H and O–H groups in total. The summed E-state index contributed by atoms with van der Waals surface area (Å²) in [5.41, 5.74) is 5.75. The van der Waals surface area contributed by atoms with E-state index >= 15 is 0 Å². The molecule has 0 spiro atoms. The number of nitrogens with zero attached hydrogens (tertiary/aromatic N) is 3. The van der Waals surface area contributed by atoms with E-state index in [1.54, 1.807) is 5.38 Å². The van der Waals surface area contributed by atoms with Gasteiger partial charge in [0.05, 0.1) is 0 Å². The molecule has 2 heterocycles. The Labute approximate surface area is 119 Å². The molecule has 0 unspecified atom stereocenters. The van der Waals surface area contributed by atoms with Gasteiger partial charge in [0.15, 0.2) is 0 Å². The lowest BCUT2D eigenvalue weighted by Crippen LogP contribution is -2.12. The second-order valence-corrected chi connectivity index (χ2v) is 6.87. The smallest absolute Gasteiger partial charge is 0.276 e. The predicted molar refractivity (Wildman–Crippen MR) is 76.6 cm³/mol. The van der Waals surface area contributed by atoms with Crippen LogP contribution in [0, 0.1) is 0 Å². The highest BCUT2D eigenvalue weighted by Crippen LogP contribution is 2.27. The number of carbonyl (C=O) groups excluding carboxylic acids is 1. The van der Waals surface area contributed by atoms with Crippen molar-refractivity contribution in [1.29, 1.82) is 0 Å². The topological polar surface area (TPSA) is 93.8 Å². The fourth-order valence-electron chi connectivity index (χ4n) is 1.25. The summed E-state index contributed by atoms with van der Waals surface area (Å²) in [4.78, 5) is 16.1. The molecule has 0 aliphatic heterocycles. The Hall–Kier alpha value is -1.38. The van der Waals surface area contributed by atoms with Crippen LogP contribution in [0.3, 0.4) is 0 Å². The van der Waals surface area contributed by atoms with Crippen LogP contribution < -0.4 is 11.1 Å². The zero-order chi connectivity index (χ0) is 14.0. The zero-order valence-electron chi connectivity index (χ0n) is 10.9. The predicted octanol–water partition coefficient (Wildman–Crippen LogP) is 2.00. The molecule has 8 heteroatoms. The molecular formula is C11H15N5OS2. The third kappa shape index (κ3) is 3.34. The first kappa shape index (κ1) is 14.0. The molecule has 0 radical (unpaired) electrons. The quantitative estimate of drug-likeness (QED) is 0.903. The number of nitrogens with one attached hydrogen (secondary N) is 1. The van der Waals surface area contributed by atoms with E-state index in [0.29, 0.717) is 17.4 Å². The summed E-state index contributed by atoms with van der Waals surface area (Å²) in [7, 11) is 0. The molecular weight excluding hydrogens is 282 g/mol. The molecule has 2 aromatic rings. The third-order valence-electron chi connectivity index (χ3n) is 2.25. The molecule has 19 heavy (non-hydrogen) atoms. The summed E-state index contributed by atoms with van der Waals surface area (Å²) >= 11 is 2.74. The standard InChI is InChI=1S/C11H15N5OS2/c1-11(2,3)9-15-16-10(19-9)14-8(17)6-5-18-7(4-12)13-6/h5H,4,12H2,1-3H3,(H,14,16,17). The van der Waals surface area contributed by atoms with Gasteiger partial charge in [0.2, 0.25) is 5.13 Å². The van der Waals surface area contributed by atoms with Crippen molar-refractivity contribution in [2.75, 3.05) is 5.32 Å². The van der Waals surface area contributed by atoms with Crippen LogP contribution in [0.15, 0.2) is 5.38 Å². The van der Waals surface area contributed by atoms with Crippen LogP contribution in [0.2, 0.25) is 0 Å². The molecule has 6 nitrogen and oxygen atoms in total. The van der Waals surface area contributed by atoms with Crippen molar-refractivity contribution in [3.63, 3.8) is 0 Å². The summed E-state index contributed by atoms with van der Waals surface area (Å²) in [6.45, 7) is 6.48. The number of nitrogens with two attached hydrogens (primary N) is 1. The molecule has 1 amide bonds. The largest absolute Gasteiger partial charge is 0.325 e. The number of carbonyl (C=O) groups is 1. The monoisotopic (exact) mass is 297 g/mol. The van der Waals surface area contributed by atoms with Gasteiger partial charge in [-0.15, -0.1) is 21.5 Å². The van der Waals surface area contributed by atoms with E-state index in [2.05, 4.69) is 20.5 Å². The maximum Gasteiger partial charge on any atom is 0.276 e. The summed E-state index contributed by atoms with van der Waals surface area (Å²) in [5, 5.41) is 14.5. The number of amides is 1. The molecule has 0 aliphatic carbocycles. The van der Waals surface area contributed by atoms with Gasteiger partial charge in [-0.3, -0.25) is 10.1 Å². The van der Waals surface area contributed by atoms with Crippen molar-refractivity contribution in [2.45, 2.75) is 32.7 Å². The van der Waals surface area contributed by atoms with Gasteiger partial charge in [-0.05, 0) is 0 Å². The molecule has 0 saturated heterocycles. The maximum absolute atomic E-state index is 11.9. The number of hydrogen-bond donors (Lipinski definition) is 2. The number of aromatic nitrogens is 3. The molecule has 0 saturated carbocycles. The van der Waals surface area contributed by atoms with Crippen molar-refractivity contribution in [2.24, 2.45) is 5.73 Å². The van der Waals surface area contributed by atoms with Crippen molar-refractivity contribution >= 4 is 33.7 Å². The van der Waals surface area contributed by atoms with E-state index in [4.69, 9.17) is 5.73 Å². The SMILES string of the molecule is CC(C)(C)c1nnc(NC(=O)c2csc(CN)n2)s1. The van der Waals surface area contributed by atoms with Gasteiger partial charge in [-0.1, -0.05) is 32.1 Å². The number of hydrogen-bond acceptors (Lipinski definition) is 7. The molecule has 0 aliphatic rings. The minimum atomic E-state index is -0.285. The number of anilines is 1. The average Bonchev–Trinajstić information content (AvgIpc) is 2.95. The van der Waals surface area contributed by atoms with Gasteiger partial charge < -0.3 is 5.73 Å².